The van der Waals surface area contributed by atoms with Gasteiger partial charge in [-0.15, -0.1) is 0 Å². The van der Waals surface area contributed by atoms with E-state index in [1.165, 1.54) is 25.7 Å². The number of carbonyl (C=O) groups is 1. The van der Waals surface area contributed by atoms with E-state index in [2.05, 4.69) is 20.8 Å². The summed E-state index contributed by atoms with van der Waals surface area (Å²) in [5.41, 5.74) is 2.24. The smallest absolute Gasteiger partial charge is 0.315 e. The van der Waals surface area contributed by atoms with Crippen LogP contribution in [-0.2, 0) is 11.2 Å². The van der Waals surface area contributed by atoms with Crippen LogP contribution in [0.2, 0.25) is 0 Å². The highest BCUT2D eigenvalue weighted by atomic mass is 16.5. The zero-order valence-electron chi connectivity index (χ0n) is 14.6. The van der Waals surface area contributed by atoms with Crippen LogP contribution in [0.4, 0.5) is 4.79 Å². The number of rotatable bonds is 4. The van der Waals surface area contributed by atoms with Gasteiger partial charge in [-0.3, -0.25) is 5.10 Å². The first kappa shape index (κ1) is 15.9. The maximum atomic E-state index is 12.5. The van der Waals surface area contributed by atoms with Gasteiger partial charge in [0.15, 0.2) is 0 Å². The normalized spacial score (nSPS) is 31.5. The lowest BCUT2D eigenvalue weighted by Gasteiger charge is -2.56. The highest BCUT2D eigenvalue weighted by Gasteiger charge is 2.65. The van der Waals surface area contributed by atoms with E-state index in [1.807, 2.05) is 19.9 Å². The number of hydrogen-bond donors (Lipinski definition) is 3. The highest BCUT2D eigenvalue weighted by molar-refractivity contribution is 5.75. The van der Waals surface area contributed by atoms with Crippen molar-refractivity contribution >= 4 is 6.03 Å². The molecule has 2 heterocycles. The zero-order valence-corrected chi connectivity index (χ0v) is 14.6. The molecule has 1 aromatic rings. The van der Waals surface area contributed by atoms with Crippen molar-refractivity contribution in [1.82, 2.24) is 20.8 Å². The lowest BCUT2D eigenvalue weighted by atomic mass is 9.54. The van der Waals surface area contributed by atoms with E-state index in [4.69, 9.17) is 4.74 Å². The van der Waals surface area contributed by atoms with Gasteiger partial charge in [0.25, 0.3) is 0 Å². The number of urea groups is 1. The summed E-state index contributed by atoms with van der Waals surface area (Å²) in [6, 6.07) is 2.32. The Morgan fingerprint density at radius 3 is 3.00 bits per heavy atom. The molecule has 0 radical (unpaired) electrons. The Morgan fingerprint density at radius 1 is 1.50 bits per heavy atom. The zero-order chi connectivity index (χ0) is 16.7. The predicted octanol–water partition coefficient (Wildman–Crippen LogP) is 2.30. The number of fused-ring (bicyclic) bond motifs is 2. The van der Waals surface area contributed by atoms with Gasteiger partial charge >= 0.3 is 6.03 Å². The number of nitrogens with one attached hydrogen (secondary N) is 3. The van der Waals surface area contributed by atoms with E-state index in [9.17, 15) is 4.79 Å². The van der Waals surface area contributed by atoms with Gasteiger partial charge in [-0.1, -0.05) is 12.8 Å². The number of hydrogen-bond acceptors (Lipinski definition) is 3. The van der Waals surface area contributed by atoms with Gasteiger partial charge in [0.05, 0.1) is 11.8 Å². The first-order valence-electron chi connectivity index (χ1n) is 9.28. The summed E-state index contributed by atoms with van der Waals surface area (Å²) < 4.78 is 5.98. The molecule has 6 heteroatoms. The van der Waals surface area contributed by atoms with Crippen LogP contribution in [0.25, 0.3) is 0 Å². The van der Waals surface area contributed by atoms with Crippen molar-refractivity contribution in [2.24, 2.45) is 11.3 Å². The Morgan fingerprint density at radius 2 is 2.29 bits per heavy atom. The number of nitrogens with zero attached hydrogens (tertiary/aromatic N) is 1. The molecule has 4 atom stereocenters. The third-order valence-electron chi connectivity index (χ3n) is 6.22. The molecule has 0 unspecified atom stereocenters. The van der Waals surface area contributed by atoms with Crippen LogP contribution in [0.5, 0.6) is 0 Å². The Labute approximate surface area is 143 Å². The van der Waals surface area contributed by atoms with Crippen LogP contribution in [0.3, 0.4) is 0 Å². The van der Waals surface area contributed by atoms with E-state index in [0.29, 0.717) is 12.0 Å². The van der Waals surface area contributed by atoms with Gasteiger partial charge in [-0.25, -0.2) is 4.79 Å². The molecule has 2 amide bonds. The molecule has 0 aromatic carbocycles. The summed E-state index contributed by atoms with van der Waals surface area (Å²) in [5.74, 6) is 0.512. The van der Waals surface area contributed by atoms with Crippen molar-refractivity contribution < 1.29 is 9.53 Å². The minimum atomic E-state index is -0.0450. The molecule has 24 heavy (non-hydrogen) atoms. The molecule has 1 aromatic heterocycles. The summed E-state index contributed by atoms with van der Waals surface area (Å²) in [5, 5.41) is 13.5. The third-order valence-corrected chi connectivity index (χ3v) is 6.22. The van der Waals surface area contributed by atoms with Crippen LogP contribution in [0, 0.1) is 18.3 Å². The minimum absolute atomic E-state index is 0.0450. The molecule has 1 spiro atoms. The first-order valence-corrected chi connectivity index (χ1v) is 9.28. The average molecular weight is 332 g/mol. The molecule has 1 aliphatic heterocycles. The van der Waals surface area contributed by atoms with Crippen molar-refractivity contribution in [3.05, 3.63) is 17.5 Å². The number of aromatic amines is 1. The van der Waals surface area contributed by atoms with E-state index in [1.54, 1.807) is 0 Å². The van der Waals surface area contributed by atoms with Crippen LogP contribution in [0.1, 0.15) is 50.4 Å². The van der Waals surface area contributed by atoms with Crippen molar-refractivity contribution in [1.29, 1.82) is 0 Å². The second-order valence-corrected chi connectivity index (χ2v) is 7.93. The summed E-state index contributed by atoms with van der Waals surface area (Å²) in [6.07, 6.45) is 7.13. The van der Waals surface area contributed by atoms with Gasteiger partial charge in [0, 0.05) is 42.1 Å². The van der Waals surface area contributed by atoms with Gasteiger partial charge in [-0.2, -0.15) is 5.10 Å². The number of aryl methyl sites for hydroxylation is 1. The van der Waals surface area contributed by atoms with Crippen LogP contribution in [-0.4, -0.2) is 41.0 Å². The van der Waals surface area contributed by atoms with Crippen molar-refractivity contribution in [2.45, 2.75) is 70.6 Å². The van der Waals surface area contributed by atoms with E-state index < -0.39 is 0 Å². The van der Waals surface area contributed by atoms with Gasteiger partial charge < -0.3 is 15.4 Å². The van der Waals surface area contributed by atoms with Crippen molar-refractivity contribution in [3.63, 3.8) is 0 Å². The molecular formula is C18H28N4O2. The third kappa shape index (κ3) is 2.61. The quantitative estimate of drug-likeness (QED) is 0.791. The van der Waals surface area contributed by atoms with Crippen molar-refractivity contribution in [2.75, 3.05) is 6.61 Å². The maximum Gasteiger partial charge on any atom is 0.315 e. The van der Waals surface area contributed by atoms with E-state index >= 15 is 0 Å². The second-order valence-electron chi connectivity index (χ2n) is 7.93. The van der Waals surface area contributed by atoms with Gasteiger partial charge in [-0.05, 0) is 39.2 Å². The highest BCUT2D eigenvalue weighted by Crippen LogP contribution is 2.60. The van der Waals surface area contributed by atoms with Gasteiger partial charge in [0.1, 0.15) is 0 Å². The molecule has 6 nitrogen and oxygen atoms in total. The topological polar surface area (TPSA) is 79.0 Å². The molecule has 1 saturated heterocycles. The molecule has 2 saturated carbocycles. The number of carbonyl (C=O) groups excluding carboxylic acids is 1. The molecule has 132 valence electrons. The number of ether oxygens (including phenoxy) is 1. The fourth-order valence-corrected chi connectivity index (χ4v) is 5.25. The first-order chi connectivity index (χ1) is 11.6. The lowest BCUT2D eigenvalue weighted by molar-refractivity contribution is -0.126. The van der Waals surface area contributed by atoms with Gasteiger partial charge in [0.2, 0.25) is 0 Å². The summed E-state index contributed by atoms with van der Waals surface area (Å²) >= 11 is 0. The number of H-pyrrole nitrogens is 1. The monoisotopic (exact) mass is 332 g/mol. The summed E-state index contributed by atoms with van der Waals surface area (Å²) in [6.45, 7) is 4.86. The average Bonchev–Trinajstić information content (AvgIpc) is 3.24. The molecule has 3 fully saturated rings. The Kier molecular flexibility index (Phi) is 4.03. The SMILES string of the molecule is Cc1cc(C[C@H](C)NC(=O)N[C@@H]2[C@H]3CCO[C@@H]3C23CCCC3)n[nH]1. The molecule has 3 aliphatic rings. The van der Waals surface area contributed by atoms with Crippen LogP contribution >= 0.6 is 0 Å². The molecular weight excluding hydrogens is 304 g/mol. The fourth-order valence-electron chi connectivity index (χ4n) is 5.25. The predicted molar refractivity (Wildman–Crippen MR) is 90.7 cm³/mol. The number of aromatic nitrogens is 2. The largest absolute Gasteiger partial charge is 0.377 e. The second kappa shape index (κ2) is 6.06. The number of amides is 2. The standard InChI is InChI=1S/C18H28N4O2/c1-11(9-13-10-12(2)21-22-13)19-17(23)20-15-14-5-8-24-16(14)18(15)6-3-4-7-18/h10-11,14-16H,3-9H2,1-2H3,(H,21,22)(H2,19,20,23)/t11-,14+,15+,16-/m0/s1. The summed E-state index contributed by atoms with van der Waals surface area (Å²) in [4.78, 5) is 12.5. The molecule has 0 bridgehead atoms. The minimum Gasteiger partial charge on any atom is -0.377 e. The Balaban J connectivity index is 1.33. The lowest BCUT2D eigenvalue weighted by Crippen LogP contribution is -2.69. The Hall–Kier alpha value is -1.56. The molecule has 3 N–H and O–H groups in total. The van der Waals surface area contributed by atoms with E-state index in [0.717, 1.165) is 30.8 Å². The van der Waals surface area contributed by atoms with Crippen LogP contribution in [0.15, 0.2) is 6.07 Å². The fraction of sp³-hybridized carbons (Fsp3) is 0.778. The molecule has 4 rings (SSSR count). The van der Waals surface area contributed by atoms with Crippen LogP contribution < -0.4 is 10.6 Å². The summed E-state index contributed by atoms with van der Waals surface area (Å²) in [7, 11) is 0. The molecule has 2 aliphatic carbocycles. The van der Waals surface area contributed by atoms with E-state index in [-0.39, 0.29) is 23.5 Å². The Bertz CT molecular complexity index is 608. The van der Waals surface area contributed by atoms with Crippen molar-refractivity contribution in [3.8, 4) is 0 Å². The maximum absolute atomic E-state index is 12.5.